The van der Waals surface area contributed by atoms with Crippen LogP contribution in [0.25, 0.3) is 0 Å². The Morgan fingerprint density at radius 2 is 2.20 bits per heavy atom. The van der Waals surface area contributed by atoms with Crippen molar-refractivity contribution < 1.29 is 9.90 Å². The molecule has 1 saturated heterocycles. The lowest BCUT2D eigenvalue weighted by Crippen LogP contribution is -2.26. The molecule has 0 spiro atoms. The van der Waals surface area contributed by atoms with Crippen molar-refractivity contribution in [1.29, 1.82) is 0 Å². The zero-order chi connectivity index (χ0) is 14.8. The van der Waals surface area contributed by atoms with Gasteiger partial charge in [-0.3, -0.25) is 9.36 Å². The van der Waals surface area contributed by atoms with E-state index in [-0.39, 0.29) is 5.75 Å². The summed E-state index contributed by atoms with van der Waals surface area (Å²) in [6.07, 6.45) is 2.12. The number of rotatable bonds is 6. The van der Waals surface area contributed by atoms with Crippen LogP contribution in [0.15, 0.2) is 5.16 Å². The molecule has 0 radical (unpaired) electrons. The molecule has 0 aliphatic carbocycles. The molecule has 6 nitrogen and oxygen atoms in total. The number of hydrogen-bond donors (Lipinski definition) is 1. The van der Waals surface area contributed by atoms with Crippen molar-refractivity contribution in [3.63, 3.8) is 0 Å². The van der Waals surface area contributed by atoms with Crippen molar-refractivity contribution >= 4 is 23.7 Å². The minimum absolute atomic E-state index is 0.0212. The summed E-state index contributed by atoms with van der Waals surface area (Å²) < 4.78 is 2.05. The van der Waals surface area contributed by atoms with E-state index < -0.39 is 5.97 Å². The smallest absolute Gasteiger partial charge is 0.313 e. The highest BCUT2D eigenvalue weighted by atomic mass is 32.2. The zero-order valence-electron chi connectivity index (χ0n) is 12.3. The van der Waals surface area contributed by atoms with Crippen LogP contribution in [0.1, 0.15) is 33.6 Å². The van der Waals surface area contributed by atoms with Gasteiger partial charge in [0.2, 0.25) is 5.95 Å². The van der Waals surface area contributed by atoms with Gasteiger partial charge in [0.25, 0.3) is 0 Å². The summed E-state index contributed by atoms with van der Waals surface area (Å²) >= 11 is 1.24. The van der Waals surface area contributed by atoms with Gasteiger partial charge in [-0.2, -0.15) is 0 Å². The Morgan fingerprint density at radius 1 is 1.45 bits per heavy atom. The fraction of sp³-hybridized carbons (Fsp3) is 0.769. The van der Waals surface area contributed by atoms with Crippen LogP contribution in [-0.2, 0) is 11.3 Å². The number of hydrogen-bond acceptors (Lipinski definition) is 5. The Labute approximate surface area is 123 Å². The Hall–Kier alpha value is -1.24. The molecule has 1 aliphatic heterocycles. The molecule has 1 aromatic heterocycles. The lowest BCUT2D eigenvalue weighted by Gasteiger charge is -2.21. The monoisotopic (exact) mass is 298 g/mol. The zero-order valence-corrected chi connectivity index (χ0v) is 13.1. The highest BCUT2D eigenvalue weighted by Crippen LogP contribution is 2.33. The third-order valence-corrected chi connectivity index (χ3v) is 4.38. The minimum atomic E-state index is -0.829. The second kappa shape index (κ2) is 6.03. The number of thioether (sulfide) groups is 1. The molecule has 2 heterocycles. The summed E-state index contributed by atoms with van der Waals surface area (Å²) in [6.45, 7) is 9.39. The molecule has 112 valence electrons. The molecule has 0 bridgehead atoms. The van der Waals surface area contributed by atoms with Gasteiger partial charge in [0, 0.05) is 19.6 Å². The summed E-state index contributed by atoms with van der Waals surface area (Å²) in [5, 5.41) is 18.0. The van der Waals surface area contributed by atoms with Crippen molar-refractivity contribution in [2.45, 2.75) is 45.3 Å². The van der Waals surface area contributed by atoms with Gasteiger partial charge in [-0.05, 0) is 18.3 Å². The topological polar surface area (TPSA) is 71.2 Å². The van der Waals surface area contributed by atoms with Crippen LogP contribution in [0.5, 0.6) is 0 Å². The fourth-order valence-corrected chi connectivity index (χ4v) is 3.13. The van der Waals surface area contributed by atoms with Crippen LogP contribution in [-0.4, -0.2) is 44.7 Å². The van der Waals surface area contributed by atoms with Crippen molar-refractivity contribution in [3.05, 3.63) is 0 Å². The molecule has 1 aliphatic rings. The van der Waals surface area contributed by atoms with Crippen LogP contribution in [0, 0.1) is 5.41 Å². The molecule has 0 unspecified atom stereocenters. The van der Waals surface area contributed by atoms with Gasteiger partial charge in [-0.15, -0.1) is 10.2 Å². The maximum atomic E-state index is 10.7. The van der Waals surface area contributed by atoms with Gasteiger partial charge in [0.1, 0.15) is 0 Å². The predicted octanol–water partition coefficient (Wildman–Crippen LogP) is 2.10. The van der Waals surface area contributed by atoms with Crippen LogP contribution < -0.4 is 4.90 Å². The normalized spacial score (nSPS) is 17.6. The van der Waals surface area contributed by atoms with Gasteiger partial charge in [0.05, 0.1) is 5.75 Å². The quantitative estimate of drug-likeness (QED) is 0.811. The first-order chi connectivity index (χ1) is 9.43. The van der Waals surface area contributed by atoms with E-state index in [2.05, 4.69) is 40.4 Å². The molecular formula is C13H22N4O2S. The maximum Gasteiger partial charge on any atom is 0.313 e. The second-order valence-electron chi connectivity index (χ2n) is 5.95. The third-order valence-electron chi connectivity index (χ3n) is 3.43. The summed E-state index contributed by atoms with van der Waals surface area (Å²) in [5.74, 6) is 0.0723. The molecular weight excluding hydrogens is 276 g/mol. The van der Waals surface area contributed by atoms with Crippen LogP contribution in [0.3, 0.4) is 0 Å². The van der Waals surface area contributed by atoms with E-state index in [0.29, 0.717) is 10.6 Å². The van der Waals surface area contributed by atoms with E-state index >= 15 is 0 Å². The molecule has 1 N–H and O–H groups in total. The Balaban J connectivity index is 2.18. The molecule has 1 fully saturated rings. The molecule has 2 rings (SSSR count). The first-order valence-electron chi connectivity index (χ1n) is 6.96. The van der Waals surface area contributed by atoms with Crippen LogP contribution >= 0.6 is 11.8 Å². The van der Waals surface area contributed by atoms with Gasteiger partial charge < -0.3 is 10.0 Å². The van der Waals surface area contributed by atoms with Crippen molar-refractivity contribution in [2.24, 2.45) is 5.41 Å². The molecule has 7 heteroatoms. The molecule has 0 atom stereocenters. The number of carboxylic acid groups (broad SMARTS) is 1. The average Bonchev–Trinajstić information content (AvgIpc) is 2.91. The fourth-order valence-electron chi connectivity index (χ4n) is 2.45. The summed E-state index contributed by atoms with van der Waals surface area (Å²) in [5.41, 5.74) is 0.303. The van der Waals surface area contributed by atoms with Crippen molar-refractivity contribution in [2.75, 3.05) is 23.7 Å². The van der Waals surface area contributed by atoms with Gasteiger partial charge in [-0.25, -0.2) is 0 Å². The van der Waals surface area contributed by atoms with Crippen molar-refractivity contribution in [3.8, 4) is 0 Å². The predicted molar refractivity (Wildman–Crippen MR) is 79.3 cm³/mol. The highest BCUT2D eigenvalue weighted by molar-refractivity contribution is 7.99. The second-order valence-corrected chi connectivity index (χ2v) is 6.89. The van der Waals surface area contributed by atoms with Gasteiger partial charge in [-0.1, -0.05) is 32.5 Å². The summed E-state index contributed by atoms with van der Waals surface area (Å²) in [7, 11) is 0. The Kier molecular flexibility index (Phi) is 4.57. The number of carbonyl (C=O) groups is 1. The lowest BCUT2D eigenvalue weighted by atomic mass is 9.93. The number of anilines is 1. The molecule has 0 amide bonds. The third kappa shape index (κ3) is 3.45. The van der Waals surface area contributed by atoms with Crippen molar-refractivity contribution in [1.82, 2.24) is 14.8 Å². The lowest BCUT2D eigenvalue weighted by molar-refractivity contribution is -0.133. The first-order valence-corrected chi connectivity index (χ1v) is 7.94. The number of aliphatic carboxylic acids is 1. The van der Waals surface area contributed by atoms with Crippen LogP contribution in [0.2, 0.25) is 0 Å². The van der Waals surface area contributed by atoms with E-state index in [9.17, 15) is 4.79 Å². The maximum absolute atomic E-state index is 10.7. The largest absolute Gasteiger partial charge is 0.481 e. The summed E-state index contributed by atoms with van der Waals surface area (Å²) in [6, 6.07) is 0. The number of nitrogens with zero attached hydrogens (tertiary/aromatic N) is 4. The van der Waals surface area contributed by atoms with Crippen LogP contribution in [0.4, 0.5) is 5.95 Å². The molecule has 20 heavy (non-hydrogen) atoms. The molecule has 0 aromatic carbocycles. The van der Waals surface area contributed by atoms with E-state index in [0.717, 1.165) is 38.4 Å². The Bertz CT molecular complexity index is 487. The average molecular weight is 298 g/mol. The number of carboxylic acids is 1. The van der Waals surface area contributed by atoms with E-state index in [1.54, 1.807) is 0 Å². The Morgan fingerprint density at radius 3 is 2.75 bits per heavy atom. The SMILES string of the molecule is CCCn1c(SCC(=O)O)nnc1N1CCC(C)(C)C1. The van der Waals surface area contributed by atoms with Gasteiger partial charge >= 0.3 is 5.97 Å². The molecule has 1 aromatic rings. The first kappa shape index (κ1) is 15.2. The molecule has 0 saturated carbocycles. The van der Waals surface area contributed by atoms with E-state index in [1.807, 2.05) is 0 Å². The summed E-state index contributed by atoms with van der Waals surface area (Å²) in [4.78, 5) is 13.0. The van der Waals surface area contributed by atoms with E-state index in [1.165, 1.54) is 11.8 Å². The minimum Gasteiger partial charge on any atom is -0.481 e. The highest BCUT2D eigenvalue weighted by Gasteiger charge is 2.32. The number of aromatic nitrogens is 3. The standard InChI is InChI=1S/C13H22N4O2S/c1-4-6-17-11(16-7-5-13(2,3)9-16)14-15-12(17)20-8-10(18)19/h4-9H2,1-3H3,(H,18,19). The van der Waals surface area contributed by atoms with Gasteiger partial charge in [0.15, 0.2) is 5.16 Å². The van der Waals surface area contributed by atoms with E-state index in [4.69, 9.17) is 5.11 Å².